The lowest BCUT2D eigenvalue weighted by Gasteiger charge is -2.07. The maximum absolute atomic E-state index is 5.48. The second-order valence-corrected chi connectivity index (χ2v) is 4.30. The molecule has 0 radical (unpaired) electrons. The molecule has 5 nitrogen and oxygen atoms in total. The van der Waals surface area contributed by atoms with E-state index in [0.29, 0.717) is 5.92 Å². The van der Waals surface area contributed by atoms with Crippen molar-refractivity contribution in [1.29, 1.82) is 0 Å². The number of ether oxygens (including phenoxy) is 1. The summed E-state index contributed by atoms with van der Waals surface area (Å²) in [6, 6.07) is 0. The molecule has 0 aromatic carbocycles. The molecule has 0 atom stereocenters. The van der Waals surface area contributed by atoms with Gasteiger partial charge in [0.2, 0.25) is 0 Å². The van der Waals surface area contributed by atoms with Crippen LogP contribution in [-0.2, 0) is 18.3 Å². The number of nitrogens with zero attached hydrogens (tertiary/aromatic N) is 3. The molecule has 0 unspecified atom stereocenters. The van der Waals surface area contributed by atoms with E-state index in [1.807, 2.05) is 7.05 Å². The van der Waals surface area contributed by atoms with Crippen molar-refractivity contribution in [2.24, 2.45) is 13.0 Å². The molecule has 1 heterocycles. The van der Waals surface area contributed by atoms with Gasteiger partial charge in [0, 0.05) is 20.3 Å². The number of hydrogen-bond donors (Lipinski definition) is 1. The summed E-state index contributed by atoms with van der Waals surface area (Å²) in [6.45, 7) is 7.71. The molecule has 1 aromatic heterocycles. The lowest BCUT2D eigenvalue weighted by Crippen LogP contribution is -2.19. The number of aryl methyl sites for hydroxylation is 1. The Morgan fingerprint density at radius 2 is 2.31 bits per heavy atom. The Kier molecular flexibility index (Phi) is 6.03. The SMILES string of the molecule is CC(C)COCCCNCc1ncnn1C. The summed E-state index contributed by atoms with van der Waals surface area (Å²) in [5.74, 6) is 1.58. The normalized spacial score (nSPS) is 11.2. The van der Waals surface area contributed by atoms with E-state index < -0.39 is 0 Å². The van der Waals surface area contributed by atoms with Crippen LogP contribution in [0, 0.1) is 5.92 Å². The summed E-state index contributed by atoms with van der Waals surface area (Å²) in [5, 5.41) is 7.32. The van der Waals surface area contributed by atoms with Crippen molar-refractivity contribution in [3.8, 4) is 0 Å². The van der Waals surface area contributed by atoms with Gasteiger partial charge < -0.3 is 10.1 Å². The topological polar surface area (TPSA) is 52.0 Å². The van der Waals surface area contributed by atoms with E-state index >= 15 is 0 Å². The summed E-state index contributed by atoms with van der Waals surface area (Å²) in [6.07, 6.45) is 2.60. The van der Waals surface area contributed by atoms with Gasteiger partial charge in [0.1, 0.15) is 12.2 Å². The van der Waals surface area contributed by atoms with E-state index in [0.717, 1.165) is 38.5 Å². The highest BCUT2D eigenvalue weighted by Crippen LogP contribution is 1.93. The Hall–Kier alpha value is -0.940. The third-order valence-electron chi connectivity index (χ3n) is 2.18. The van der Waals surface area contributed by atoms with Crippen LogP contribution >= 0.6 is 0 Å². The maximum atomic E-state index is 5.48. The average molecular weight is 226 g/mol. The van der Waals surface area contributed by atoms with Crippen LogP contribution in [0.1, 0.15) is 26.1 Å². The zero-order valence-electron chi connectivity index (χ0n) is 10.4. The van der Waals surface area contributed by atoms with Crippen LogP contribution in [0.15, 0.2) is 6.33 Å². The molecule has 0 spiro atoms. The zero-order valence-corrected chi connectivity index (χ0v) is 10.4. The summed E-state index contributed by atoms with van der Waals surface area (Å²) >= 11 is 0. The minimum atomic E-state index is 0.617. The molecule has 0 fully saturated rings. The first-order valence-corrected chi connectivity index (χ1v) is 5.81. The quantitative estimate of drug-likeness (QED) is 0.671. The van der Waals surface area contributed by atoms with E-state index in [2.05, 4.69) is 29.2 Å². The minimum absolute atomic E-state index is 0.617. The Balaban J connectivity index is 1.94. The van der Waals surface area contributed by atoms with Crippen LogP contribution in [0.4, 0.5) is 0 Å². The first kappa shape index (κ1) is 13.1. The van der Waals surface area contributed by atoms with Crippen molar-refractivity contribution >= 4 is 0 Å². The lowest BCUT2D eigenvalue weighted by molar-refractivity contribution is 0.108. The lowest BCUT2D eigenvalue weighted by atomic mass is 10.2. The Morgan fingerprint density at radius 3 is 2.94 bits per heavy atom. The van der Waals surface area contributed by atoms with Crippen LogP contribution in [0.5, 0.6) is 0 Å². The van der Waals surface area contributed by atoms with Gasteiger partial charge in [-0.05, 0) is 18.9 Å². The first-order chi connectivity index (χ1) is 7.70. The Labute approximate surface area is 97.2 Å². The first-order valence-electron chi connectivity index (χ1n) is 5.81. The number of aromatic nitrogens is 3. The van der Waals surface area contributed by atoms with Crippen molar-refractivity contribution in [3.05, 3.63) is 12.2 Å². The van der Waals surface area contributed by atoms with Crippen LogP contribution in [0.3, 0.4) is 0 Å². The van der Waals surface area contributed by atoms with E-state index in [-0.39, 0.29) is 0 Å². The van der Waals surface area contributed by atoms with E-state index in [1.54, 1.807) is 11.0 Å². The second kappa shape index (κ2) is 7.35. The summed E-state index contributed by atoms with van der Waals surface area (Å²) in [5.41, 5.74) is 0. The molecule has 0 aliphatic carbocycles. The fraction of sp³-hybridized carbons (Fsp3) is 0.818. The standard InChI is InChI=1S/C11H22N4O/c1-10(2)8-16-6-4-5-12-7-11-13-9-14-15(11)3/h9-10,12H,4-8H2,1-3H3. The number of nitrogens with one attached hydrogen (secondary N) is 1. The number of rotatable bonds is 8. The van der Waals surface area contributed by atoms with E-state index in [1.165, 1.54) is 0 Å². The predicted octanol–water partition coefficient (Wildman–Crippen LogP) is 0.967. The maximum Gasteiger partial charge on any atom is 0.140 e. The van der Waals surface area contributed by atoms with Gasteiger partial charge in [-0.3, -0.25) is 4.68 Å². The highest BCUT2D eigenvalue weighted by molar-refractivity contribution is 4.81. The fourth-order valence-electron chi connectivity index (χ4n) is 1.30. The van der Waals surface area contributed by atoms with Crippen LogP contribution in [0.25, 0.3) is 0 Å². The molecule has 0 saturated heterocycles. The number of hydrogen-bond acceptors (Lipinski definition) is 4. The Bertz CT molecular complexity index is 285. The molecular formula is C11H22N4O. The fourth-order valence-corrected chi connectivity index (χ4v) is 1.30. The van der Waals surface area contributed by atoms with Crippen molar-refractivity contribution < 1.29 is 4.74 Å². The largest absolute Gasteiger partial charge is 0.381 e. The summed E-state index contributed by atoms with van der Waals surface area (Å²) in [7, 11) is 1.90. The molecule has 16 heavy (non-hydrogen) atoms. The van der Waals surface area contributed by atoms with Gasteiger partial charge in [0.25, 0.3) is 0 Å². The minimum Gasteiger partial charge on any atom is -0.381 e. The average Bonchev–Trinajstić information content (AvgIpc) is 2.62. The smallest absolute Gasteiger partial charge is 0.140 e. The van der Waals surface area contributed by atoms with Crippen molar-refractivity contribution in [2.75, 3.05) is 19.8 Å². The van der Waals surface area contributed by atoms with Crippen LogP contribution < -0.4 is 5.32 Å². The Morgan fingerprint density at radius 1 is 1.50 bits per heavy atom. The molecule has 92 valence electrons. The molecule has 1 N–H and O–H groups in total. The third-order valence-corrected chi connectivity index (χ3v) is 2.18. The second-order valence-electron chi connectivity index (χ2n) is 4.30. The molecular weight excluding hydrogens is 204 g/mol. The summed E-state index contributed by atoms with van der Waals surface area (Å²) < 4.78 is 7.26. The van der Waals surface area contributed by atoms with Crippen molar-refractivity contribution in [1.82, 2.24) is 20.1 Å². The third kappa shape index (κ3) is 5.23. The van der Waals surface area contributed by atoms with Crippen LogP contribution in [-0.4, -0.2) is 34.5 Å². The van der Waals surface area contributed by atoms with Crippen molar-refractivity contribution in [3.63, 3.8) is 0 Å². The molecule has 1 rings (SSSR count). The van der Waals surface area contributed by atoms with E-state index in [9.17, 15) is 0 Å². The van der Waals surface area contributed by atoms with Gasteiger partial charge in [-0.25, -0.2) is 4.98 Å². The van der Waals surface area contributed by atoms with Gasteiger partial charge in [0.05, 0.1) is 6.54 Å². The van der Waals surface area contributed by atoms with Gasteiger partial charge in [-0.15, -0.1) is 0 Å². The molecule has 0 aliphatic rings. The van der Waals surface area contributed by atoms with E-state index in [4.69, 9.17) is 4.74 Å². The van der Waals surface area contributed by atoms with Gasteiger partial charge >= 0.3 is 0 Å². The molecule has 0 bridgehead atoms. The monoisotopic (exact) mass is 226 g/mol. The molecule has 5 heteroatoms. The zero-order chi connectivity index (χ0) is 11.8. The van der Waals surface area contributed by atoms with Crippen LogP contribution in [0.2, 0.25) is 0 Å². The predicted molar refractivity (Wildman–Crippen MR) is 63.0 cm³/mol. The highest BCUT2D eigenvalue weighted by atomic mass is 16.5. The molecule has 0 amide bonds. The molecule has 1 aromatic rings. The highest BCUT2D eigenvalue weighted by Gasteiger charge is 1.98. The summed E-state index contributed by atoms with van der Waals surface area (Å²) in [4.78, 5) is 4.13. The van der Waals surface area contributed by atoms with Crippen molar-refractivity contribution in [2.45, 2.75) is 26.8 Å². The van der Waals surface area contributed by atoms with Gasteiger partial charge in [0.15, 0.2) is 0 Å². The molecule has 0 saturated carbocycles. The van der Waals surface area contributed by atoms with Gasteiger partial charge in [-0.2, -0.15) is 5.10 Å². The van der Waals surface area contributed by atoms with Gasteiger partial charge in [-0.1, -0.05) is 13.8 Å². The molecule has 0 aliphatic heterocycles.